The van der Waals surface area contributed by atoms with Crippen molar-refractivity contribution in [3.63, 3.8) is 0 Å². The van der Waals surface area contributed by atoms with E-state index >= 15 is 0 Å². The summed E-state index contributed by atoms with van der Waals surface area (Å²) < 4.78 is 5.06. The maximum absolute atomic E-state index is 12.3. The standard InChI is InChI=1S/C19H16N2O4S/c1-25-14-9-7-12(8-10-14)15(22)11-26-19-20-17(23)16(18(24)21-19)13-5-3-2-4-6-13/h2-10H,11H2,1H3,(H2,20,21,23,24). The van der Waals surface area contributed by atoms with Gasteiger partial charge in [-0.05, 0) is 29.8 Å². The third kappa shape index (κ3) is 3.94. The van der Waals surface area contributed by atoms with E-state index in [4.69, 9.17) is 4.74 Å². The molecule has 2 N–H and O–H groups in total. The Morgan fingerprint density at radius 1 is 1.15 bits per heavy atom. The molecule has 0 fully saturated rings. The highest BCUT2D eigenvalue weighted by Gasteiger charge is 2.14. The van der Waals surface area contributed by atoms with E-state index in [0.29, 0.717) is 16.9 Å². The van der Waals surface area contributed by atoms with Gasteiger partial charge in [-0.1, -0.05) is 42.1 Å². The highest BCUT2D eigenvalue weighted by molar-refractivity contribution is 7.99. The van der Waals surface area contributed by atoms with E-state index in [1.54, 1.807) is 55.6 Å². The van der Waals surface area contributed by atoms with Gasteiger partial charge >= 0.3 is 0 Å². The molecule has 1 aromatic heterocycles. The summed E-state index contributed by atoms with van der Waals surface area (Å²) >= 11 is 1.06. The van der Waals surface area contributed by atoms with Gasteiger partial charge in [-0.25, -0.2) is 0 Å². The molecule has 0 atom stereocenters. The maximum Gasteiger partial charge on any atom is 0.263 e. The first-order valence-corrected chi connectivity index (χ1v) is 8.76. The maximum atomic E-state index is 12.3. The second-order valence-electron chi connectivity index (χ2n) is 5.38. The average molecular weight is 368 g/mol. The van der Waals surface area contributed by atoms with Crippen molar-refractivity contribution in [3.05, 3.63) is 70.5 Å². The van der Waals surface area contributed by atoms with E-state index in [1.807, 2.05) is 6.07 Å². The largest absolute Gasteiger partial charge is 0.497 e. The summed E-state index contributed by atoms with van der Waals surface area (Å²) in [5, 5.41) is 10.3. The number of carbonyl (C=O) groups excluding carboxylic acids is 1. The van der Waals surface area contributed by atoms with Gasteiger partial charge in [0.25, 0.3) is 5.56 Å². The molecule has 0 aliphatic heterocycles. The van der Waals surface area contributed by atoms with Gasteiger partial charge in [0.2, 0.25) is 5.88 Å². The van der Waals surface area contributed by atoms with Crippen LogP contribution in [-0.2, 0) is 0 Å². The minimum absolute atomic E-state index is 0.0827. The minimum atomic E-state index is -0.455. The van der Waals surface area contributed by atoms with E-state index in [0.717, 1.165) is 11.8 Å². The minimum Gasteiger partial charge on any atom is -0.497 e. The highest BCUT2D eigenvalue weighted by atomic mass is 32.2. The molecule has 26 heavy (non-hydrogen) atoms. The molecular weight excluding hydrogens is 352 g/mol. The fraction of sp³-hybridized carbons (Fsp3) is 0.105. The molecule has 0 bridgehead atoms. The highest BCUT2D eigenvalue weighted by Crippen LogP contribution is 2.25. The first-order valence-electron chi connectivity index (χ1n) is 7.77. The number of carbonyl (C=O) groups is 1. The van der Waals surface area contributed by atoms with E-state index in [2.05, 4.69) is 9.97 Å². The van der Waals surface area contributed by atoms with Crippen LogP contribution in [0.3, 0.4) is 0 Å². The summed E-state index contributed by atoms with van der Waals surface area (Å²) in [5.74, 6) is 0.271. The van der Waals surface area contributed by atoms with Crippen LogP contribution in [0.5, 0.6) is 11.6 Å². The Kier molecular flexibility index (Phi) is 5.38. The number of ketones is 1. The molecule has 1 heterocycles. The Morgan fingerprint density at radius 2 is 1.85 bits per heavy atom. The monoisotopic (exact) mass is 368 g/mol. The van der Waals surface area contributed by atoms with Crippen molar-refractivity contribution in [3.8, 4) is 22.8 Å². The van der Waals surface area contributed by atoms with Crippen molar-refractivity contribution in [1.82, 2.24) is 9.97 Å². The summed E-state index contributed by atoms with van der Waals surface area (Å²) in [6, 6.07) is 15.5. The number of aromatic hydroxyl groups is 1. The van der Waals surface area contributed by atoms with E-state index in [1.165, 1.54) is 0 Å². The Labute approximate surface area is 153 Å². The number of nitrogens with zero attached hydrogens (tertiary/aromatic N) is 1. The molecule has 0 aliphatic rings. The summed E-state index contributed by atoms with van der Waals surface area (Å²) in [6.45, 7) is 0. The van der Waals surface area contributed by atoms with E-state index < -0.39 is 5.56 Å². The number of H-pyrrole nitrogens is 1. The predicted octanol–water partition coefficient (Wildman–Crippen LogP) is 3.13. The second-order valence-corrected chi connectivity index (χ2v) is 6.34. The van der Waals surface area contributed by atoms with Gasteiger partial charge in [0.15, 0.2) is 10.9 Å². The van der Waals surface area contributed by atoms with Crippen LogP contribution in [-0.4, -0.2) is 33.7 Å². The van der Waals surface area contributed by atoms with Gasteiger partial charge in [-0.2, -0.15) is 4.98 Å². The zero-order valence-electron chi connectivity index (χ0n) is 13.9. The number of ether oxygens (including phenoxy) is 1. The van der Waals surface area contributed by atoms with E-state index in [-0.39, 0.29) is 28.1 Å². The zero-order chi connectivity index (χ0) is 18.5. The lowest BCUT2D eigenvalue weighted by molar-refractivity contribution is 0.102. The number of benzene rings is 2. The molecule has 0 spiro atoms. The Hall–Kier alpha value is -3.06. The van der Waals surface area contributed by atoms with Crippen LogP contribution in [0.2, 0.25) is 0 Å². The fourth-order valence-electron chi connectivity index (χ4n) is 2.37. The zero-order valence-corrected chi connectivity index (χ0v) is 14.7. The van der Waals surface area contributed by atoms with Crippen molar-refractivity contribution in [2.45, 2.75) is 5.16 Å². The molecule has 0 radical (unpaired) electrons. The molecule has 2 aromatic carbocycles. The van der Waals surface area contributed by atoms with Gasteiger partial charge in [0.05, 0.1) is 12.9 Å². The van der Waals surface area contributed by atoms with Crippen molar-refractivity contribution < 1.29 is 14.6 Å². The second kappa shape index (κ2) is 7.88. The molecule has 0 aliphatic carbocycles. The van der Waals surface area contributed by atoms with Crippen LogP contribution in [0.4, 0.5) is 0 Å². The number of nitrogens with one attached hydrogen (secondary N) is 1. The number of thioether (sulfide) groups is 1. The lowest BCUT2D eigenvalue weighted by Crippen LogP contribution is -2.12. The Balaban J connectivity index is 1.74. The summed E-state index contributed by atoms with van der Waals surface area (Å²) in [7, 11) is 1.56. The molecule has 132 valence electrons. The lowest BCUT2D eigenvalue weighted by Gasteiger charge is -2.06. The molecule has 0 unspecified atom stereocenters. The third-order valence-corrected chi connectivity index (χ3v) is 4.57. The lowest BCUT2D eigenvalue weighted by atomic mass is 10.1. The molecule has 3 aromatic rings. The smallest absolute Gasteiger partial charge is 0.263 e. The van der Waals surface area contributed by atoms with Gasteiger partial charge in [-0.3, -0.25) is 9.59 Å². The predicted molar refractivity (Wildman–Crippen MR) is 100 cm³/mol. The first-order chi connectivity index (χ1) is 12.6. The molecule has 7 heteroatoms. The van der Waals surface area contributed by atoms with Crippen LogP contribution < -0.4 is 10.3 Å². The number of aromatic nitrogens is 2. The van der Waals surface area contributed by atoms with Gasteiger partial charge in [0.1, 0.15) is 11.3 Å². The molecular formula is C19H16N2O4S. The van der Waals surface area contributed by atoms with Crippen molar-refractivity contribution >= 4 is 17.5 Å². The number of aromatic amines is 1. The number of rotatable bonds is 6. The summed E-state index contributed by atoms with van der Waals surface area (Å²) in [5.41, 5.74) is 0.759. The van der Waals surface area contributed by atoms with E-state index in [9.17, 15) is 14.7 Å². The van der Waals surface area contributed by atoms with Gasteiger partial charge in [-0.15, -0.1) is 0 Å². The third-order valence-electron chi connectivity index (χ3n) is 3.69. The SMILES string of the molecule is COc1ccc(C(=O)CSc2nc(O)c(-c3ccccc3)c(=O)[nH]2)cc1. The summed E-state index contributed by atoms with van der Waals surface area (Å²) in [6.07, 6.45) is 0. The van der Waals surface area contributed by atoms with Crippen molar-refractivity contribution in [1.29, 1.82) is 0 Å². The van der Waals surface area contributed by atoms with Crippen molar-refractivity contribution in [2.75, 3.05) is 12.9 Å². The first kappa shape index (κ1) is 17.8. The number of Topliss-reactive ketones (excluding diaryl/α,β-unsaturated/α-hetero) is 1. The van der Waals surface area contributed by atoms with Crippen LogP contribution in [0.25, 0.3) is 11.1 Å². The Bertz CT molecular complexity index is 969. The molecule has 6 nitrogen and oxygen atoms in total. The number of hydrogen-bond acceptors (Lipinski definition) is 6. The van der Waals surface area contributed by atoms with Crippen LogP contribution in [0.1, 0.15) is 10.4 Å². The molecule has 0 amide bonds. The van der Waals surface area contributed by atoms with Crippen LogP contribution in [0, 0.1) is 0 Å². The molecule has 0 saturated heterocycles. The molecule has 3 rings (SSSR count). The van der Waals surface area contributed by atoms with Gasteiger partial charge in [0, 0.05) is 5.56 Å². The number of methoxy groups -OCH3 is 1. The quantitative estimate of drug-likeness (QED) is 0.395. The topological polar surface area (TPSA) is 92.3 Å². The average Bonchev–Trinajstić information content (AvgIpc) is 2.66. The number of hydrogen-bond donors (Lipinski definition) is 2. The van der Waals surface area contributed by atoms with Crippen LogP contribution >= 0.6 is 11.8 Å². The summed E-state index contributed by atoms with van der Waals surface area (Å²) in [4.78, 5) is 31.1. The normalized spacial score (nSPS) is 10.5. The molecule has 0 saturated carbocycles. The van der Waals surface area contributed by atoms with Gasteiger partial charge < -0.3 is 14.8 Å². The Morgan fingerprint density at radius 3 is 2.46 bits per heavy atom. The fourth-order valence-corrected chi connectivity index (χ4v) is 3.12. The van der Waals surface area contributed by atoms with Crippen LogP contribution in [0.15, 0.2) is 64.5 Å². The van der Waals surface area contributed by atoms with Crippen molar-refractivity contribution in [2.24, 2.45) is 0 Å².